The average molecular weight is 615 g/mol. The number of rotatable bonds is 4. The summed E-state index contributed by atoms with van der Waals surface area (Å²) in [5.74, 6) is 1.54. The lowest BCUT2D eigenvalue weighted by molar-refractivity contribution is 0.674. The maximum absolute atomic E-state index is 5.04. The van der Waals surface area contributed by atoms with Gasteiger partial charge in [0.2, 0.25) is 0 Å². The molecule has 8 aromatic rings. The Balaban J connectivity index is 1.13. The molecule has 10 rings (SSSR count). The summed E-state index contributed by atoms with van der Waals surface area (Å²) >= 11 is 0. The van der Waals surface area contributed by atoms with Crippen molar-refractivity contribution in [2.75, 3.05) is 0 Å². The first kappa shape index (κ1) is 26.9. The highest BCUT2D eigenvalue weighted by Crippen LogP contribution is 2.50. The number of nitrogens with one attached hydrogen (secondary N) is 1. The maximum atomic E-state index is 5.04. The Morgan fingerprint density at radius 1 is 0.521 bits per heavy atom. The zero-order chi connectivity index (χ0) is 31.6. The first-order valence-electron chi connectivity index (χ1n) is 16.5. The zero-order valence-corrected chi connectivity index (χ0v) is 26.1. The van der Waals surface area contributed by atoms with E-state index in [0.29, 0.717) is 0 Å². The van der Waals surface area contributed by atoms with Gasteiger partial charge in [0, 0.05) is 34.2 Å². The van der Waals surface area contributed by atoms with Crippen molar-refractivity contribution in [1.82, 2.24) is 9.88 Å². The van der Waals surface area contributed by atoms with Crippen molar-refractivity contribution in [3.05, 3.63) is 186 Å². The van der Waals surface area contributed by atoms with Crippen LogP contribution >= 0.6 is 0 Å². The van der Waals surface area contributed by atoms with E-state index in [4.69, 9.17) is 9.98 Å². The molecule has 0 spiro atoms. The zero-order valence-electron chi connectivity index (χ0n) is 26.1. The Hall–Kier alpha value is -6.26. The minimum atomic E-state index is -0.232. The summed E-state index contributed by atoms with van der Waals surface area (Å²) in [6, 6.07) is 56.1. The van der Waals surface area contributed by atoms with Gasteiger partial charge in [-0.15, -0.1) is 0 Å². The third-order valence-corrected chi connectivity index (χ3v) is 9.90. The Labute approximate surface area is 278 Å². The first-order chi connectivity index (χ1) is 23.8. The van der Waals surface area contributed by atoms with Crippen LogP contribution in [0.4, 0.5) is 0 Å². The minimum Gasteiger partial charge on any atom is -0.344 e. The molecule has 2 heterocycles. The lowest BCUT2D eigenvalue weighted by atomic mass is 9.92. The van der Waals surface area contributed by atoms with E-state index in [9.17, 15) is 0 Å². The standard InChI is InChI=1S/C44H30N4/c1-3-13-28(14-4-1)42-45-43(29-15-5-2-6-16-29)47-44(46-42)30-23-25-31(26-24-30)48-39-22-12-11-20-35(39)38-27-37-34-19-8-7-17-32(34)33-18-9-10-21-36(33)40(37)41(38)48/h1-26,42H,27H2,(H,45,46,47). The monoisotopic (exact) mass is 614 g/mol. The van der Waals surface area contributed by atoms with Crippen LogP contribution in [0.3, 0.4) is 0 Å². The molecule has 0 saturated carbocycles. The first-order valence-corrected chi connectivity index (χ1v) is 16.5. The molecule has 1 aliphatic carbocycles. The molecule has 48 heavy (non-hydrogen) atoms. The molecule has 1 unspecified atom stereocenters. The molecule has 4 nitrogen and oxygen atoms in total. The predicted molar refractivity (Wildman–Crippen MR) is 198 cm³/mol. The minimum absolute atomic E-state index is 0.232. The van der Waals surface area contributed by atoms with Gasteiger partial charge in [-0.1, -0.05) is 127 Å². The summed E-state index contributed by atoms with van der Waals surface area (Å²) in [6.45, 7) is 0. The Bertz CT molecular complexity index is 2590. The molecule has 0 amide bonds. The molecule has 0 saturated heterocycles. The van der Waals surface area contributed by atoms with E-state index < -0.39 is 0 Å². The van der Waals surface area contributed by atoms with Gasteiger partial charge in [0.25, 0.3) is 0 Å². The second-order valence-electron chi connectivity index (χ2n) is 12.6. The lowest BCUT2D eigenvalue weighted by Crippen LogP contribution is -2.33. The molecule has 0 fully saturated rings. The summed E-state index contributed by atoms with van der Waals surface area (Å²) in [5, 5.41) is 10.2. The Kier molecular flexibility index (Phi) is 5.97. The van der Waals surface area contributed by atoms with Crippen molar-refractivity contribution >= 4 is 44.1 Å². The van der Waals surface area contributed by atoms with E-state index >= 15 is 0 Å². The molecular formula is C44H30N4. The van der Waals surface area contributed by atoms with Crippen LogP contribution in [-0.4, -0.2) is 16.2 Å². The van der Waals surface area contributed by atoms with Crippen LogP contribution in [0.25, 0.3) is 49.4 Å². The topological polar surface area (TPSA) is 41.7 Å². The van der Waals surface area contributed by atoms with Gasteiger partial charge >= 0.3 is 0 Å². The van der Waals surface area contributed by atoms with E-state index in [1.165, 1.54) is 54.8 Å². The second-order valence-corrected chi connectivity index (χ2v) is 12.6. The highest BCUT2D eigenvalue weighted by atomic mass is 15.2. The van der Waals surface area contributed by atoms with Crippen LogP contribution in [-0.2, 0) is 6.42 Å². The molecule has 1 atom stereocenters. The molecular weight excluding hydrogens is 585 g/mol. The van der Waals surface area contributed by atoms with Crippen LogP contribution in [0, 0.1) is 0 Å². The quantitative estimate of drug-likeness (QED) is 0.197. The van der Waals surface area contributed by atoms with Gasteiger partial charge in [0.1, 0.15) is 12.0 Å². The molecule has 0 bridgehead atoms. The summed E-state index contributed by atoms with van der Waals surface area (Å²) in [5.41, 5.74) is 11.0. The summed E-state index contributed by atoms with van der Waals surface area (Å²) < 4.78 is 2.47. The molecule has 1 aliphatic heterocycles. The summed E-state index contributed by atoms with van der Waals surface area (Å²) in [7, 11) is 0. The molecule has 1 N–H and O–H groups in total. The van der Waals surface area contributed by atoms with Crippen molar-refractivity contribution in [3.63, 3.8) is 0 Å². The third-order valence-electron chi connectivity index (χ3n) is 9.90. The van der Waals surface area contributed by atoms with Crippen LogP contribution in [0.15, 0.2) is 168 Å². The number of nitrogens with zero attached hydrogens (tertiary/aromatic N) is 3. The third kappa shape index (κ3) is 4.09. The van der Waals surface area contributed by atoms with Crippen LogP contribution in [0.1, 0.15) is 34.0 Å². The summed E-state index contributed by atoms with van der Waals surface area (Å²) in [6.07, 6.45) is 0.690. The fourth-order valence-corrected chi connectivity index (χ4v) is 7.75. The van der Waals surface area contributed by atoms with Crippen LogP contribution in [0.2, 0.25) is 0 Å². The largest absolute Gasteiger partial charge is 0.344 e. The van der Waals surface area contributed by atoms with E-state index in [1.54, 1.807) is 0 Å². The molecule has 0 radical (unpaired) electrons. The number of amidine groups is 2. The number of hydrogen-bond acceptors (Lipinski definition) is 3. The number of hydrogen-bond donors (Lipinski definition) is 1. The summed E-state index contributed by atoms with van der Waals surface area (Å²) in [4.78, 5) is 10.1. The molecule has 4 heteroatoms. The lowest BCUT2D eigenvalue weighted by Gasteiger charge is -2.24. The van der Waals surface area contributed by atoms with Crippen LogP contribution in [0.5, 0.6) is 0 Å². The van der Waals surface area contributed by atoms with E-state index in [2.05, 4.69) is 143 Å². The van der Waals surface area contributed by atoms with Crippen molar-refractivity contribution in [1.29, 1.82) is 0 Å². The highest BCUT2D eigenvalue weighted by molar-refractivity contribution is 6.19. The number of fused-ring (bicyclic) bond motifs is 10. The van der Waals surface area contributed by atoms with Gasteiger partial charge in [-0.05, 0) is 68.6 Å². The SMILES string of the molecule is c1ccc(C2=NC(c3ccccc3)NC(c3ccc(-n4c5c(c6ccccc64)Cc4c-5c5ccccc5c5ccccc45)cc3)=N2)cc1. The Morgan fingerprint density at radius 2 is 1.12 bits per heavy atom. The van der Waals surface area contributed by atoms with E-state index in [-0.39, 0.29) is 6.17 Å². The molecule has 1 aromatic heterocycles. The Morgan fingerprint density at radius 3 is 1.88 bits per heavy atom. The van der Waals surface area contributed by atoms with Gasteiger partial charge in [-0.25, -0.2) is 9.98 Å². The maximum Gasteiger partial charge on any atom is 0.159 e. The van der Waals surface area contributed by atoms with E-state index in [1.807, 2.05) is 24.3 Å². The van der Waals surface area contributed by atoms with Gasteiger partial charge in [0.05, 0.1) is 11.2 Å². The molecule has 2 aliphatic rings. The van der Waals surface area contributed by atoms with Crippen molar-refractivity contribution in [2.45, 2.75) is 12.6 Å². The van der Waals surface area contributed by atoms with E-state index in [0.717, 1.165) is 40.5 Å². The second kappa shape index (κ2) is 10.6. The number of para-hydroxylation sites is 1. The van der Waals surface area contributed by atoms with Crippen molar-refractivity contribution in [3.8, 4) is 16.9 Å². The van der Waals surface area contributed by atoms with Gasteiger partial charge in [-0.3, -0.25) is 0 Å². The fourth-order valence-electron chi connectivity index (χ4n) is 7.75. The number of aliphatic imine (C=N–C) groups is 2. The van der Waals surface area contributed by atoms with Gasteiger partial charge in [0.15, 0.2) is 5.84 Å². The molecule has 7 aromatic carbocycles. The fraction of sp³-hybridized carbons (Fsp3) is 0.0455. The predicted octanol–water partition coefficient (Wildman–Crippen LogP) is 10.0. The van der Waals surface area contributed by atoms with Gasteiger partial charge < -0.3 is 9.88 Å². The number of benzene rings is 7. The number of aromatic nitrogens is 1. The van der Waals surface area contributed by atoms with Crippen molar-refractivity contribution in [2.24, 2.45) is 9.98 Å². The molecule has 226 valence electrons. The van der Waals surface area contributed by atoms with Crippen LogP contribution < -0.4 is 5.32 Å². The van der Waals surface area contributed by atoms with Gasteiger partial charge in [-0.2, -0.15) is 0 Å². The van der Waals surface area contributed by atoms with Crippen molar-refractivity contribution < 1.29 is 0 Å². The normalized spacial score (nSPS) is 15.2. The highest BCUT2D eigenvalue weighted by Gasteiger charge is 2.31. The average Bonchev–Trinajstić information content (AvgIpc) is 3.71. The smallest absolute Gasteiger partial charge is 0.159 e.